The van der Waals surface area contributed by atoms with Gasteiger partial charge in [-0.05, 0) is 6.92 Å². The van der Waals surface area contributed by atoms with Crippen molar-refractivity contribution in [2.75, 3.05) is 5.75 Å². The number of rotatable bonds is 3. The number of carbonyl (C=O) groups excluding carboxylic acids is 1. The summed E-state index contributed by atoms with van der Waals surface area (Å²) in [4.78, 5) is 14.3. The van der Waals surface area contributed by atoms with Gasteiger partial charge in [0, 0.05) is 0 Å². The Bertz CT molecular complexity index is 209. The Morgan fingerprint density at radius 1 is 1.67 bits per heavy atom. The number of hydrogen-bond acceptors (Lipinski definition) is 4. The first-order valence-electron chi connectivity index (χ1n) is 3.81. The Morgan fingerprint density at radius 3 is 2.75 bits per heavy atom. The van der Waals surface area contributed by atoms with Crippen LogP contribution in [-0.2, 0) is 4.79 Å². The lowest BCUT2D eigenvalue weighted by Gasteiger charge is -1.88. The number of thioether (sulfide) groups is 1. The van der Waals surface area contributed by atoms with Crippen LogP contribution >= 0.6 is 11.8 Å². The Kier molecular flexibility index (Phi) is 6.47. The summed E-state index contributed by atoms with van der Waals surface area (Å²) >= 11 is 1.31. The molecule has 3 nitrogen and oxygen atoms in total. The Morgan fingerprint density at radius 2 is 2.33 bits per heavy atom. The molecule has 0 saturated carbocycles. The van der Waals surface area contributed by atoms with Gasteiger partial charge < -0.3 is 4.42 Å². The lowest BCUT2D eigenvalue weighted by atomic mass is 10.5. The molecular formula is C8H13NO2S. The minimum Gasteiger partial charge on any atom is -0.440 e. The van der Waals surface area contributed by atoms with E-state index < -0.39 is 0 Å². The van der Waals surface area contributed by atoms with Crippen molar-refractivity contribution < 1.29 is 9.21 Å². The van der Waals surface area contributed by atoms with Gasteiger partial charge in [0.25, 0.3) is 5.22 Å². The molecule has 0 bridgehead atoms. The molecule has 1 aromatic rings. The minimum absolute atomic E-state index is 0.128. The molecule has 4 heteroatoms. The summed E-state index contributed by atoms with van der Waals surface area (Å²) in [6.07, 6.45) is 3.05. The molecule has 0 fully saturated rings. The van der Waals surface area contributed by atoms with Crippen molar-refractivity contribution in [3.8, 4) is 0 Å². The molecule has 0 aliphatic rings. The lowest BCUT2D eigenvalue weighted by Crippen LogP contribution is -1.92. The zero-order valence-electron chi connectivity index (χ0n) is 7.53. The number of Topliss-reactive ketones (excluding diaryl/α,β-unsaturated/α-hetero) is 1. The first-order valence-corrected chi connectivity index (χ1v) is 4.79. The third kappa shape index (κ3) is 4.96. The Labute approximate surface area is 76.6 Å². The van der Waals surface area contributed by atoms with E-state index in [0.717, 1.165) is 0 Å². The van der Waals surface area contributed by atoms with Crippen LogP contribution in [0.1, 0.15) is 20.8 Å². The van der Waals surface area contributed by atoms with Crippen molar-refractivity contribution in [2.24, 2.45) is 0 Å². The van der Waals surface area contributed by atoms with Gasteiger partial charge in [-0.3, -0.25) is 4.79 Å². The van der Waals surface area contributed by atoms with Crippen LogP contribution in [0.15, 0.2) is 22.1 Å². The van der Waals surface area contributed by atoms with Crippen LogP contribution in [0.3, 0.4) is 0 Å². The third-order valence-electron chi connectivity index (χ3n) is 0.809. The van der Waals surface area contributed by atoms with Gasteiger partial charge >= 0.3 is 0 Å². The highest BCUT2D eigenvalue weighted by Gasteiger charge is 1.99. The van der Waals surface area contributed by atoms with Gasteiger partial charge in [0.15, 0.2) is 0 Å². The van der Waals surface area contributed by atoms with Crippen LogP contribution in [0.5, 0.6) is 0 Å². The van der Waals surface area contributed by atoms with Crippen LogP contribution in [0, 0.1) is 0 Å². The van der Waals surface area contributed by atoms with Crippen LogP contribution in [0.25, 0.3) is 0 Å². The SMILES string of the molecule is CC.CC(=O)CSc1ncco1. The molecule has 12 heavy (non-hydrogen) atoms. The van der Waals surface area contributed by atoms with Gasteiger partial charge in [0.05, 0.1) is 11.9 Å². The topological polar surface area (TPSA) is 43.1 Å². The van der Waals surface area contributed by atoms with Crippen LogP contribution in [0.2, 0.25) is 0 Å². The number of nitrogens with zero attached hydrogens (tertiary/aromatic N) is 1. The van der Waals surface area contributed by atoms with E-state index in [1.165, 1.54) is 24.9 Å². The monoisotopic (exact) mass is 187 g/mol. The van der Waals surface area contributed by atoms with Crippen molar-refractivity contribution in [2.45, 2.75) is 26.0 Å². The zero-order chi connectivity index (χ0) is 9.40. The molecule has 1 aromatic heterocycles. The fraction of sp³-hybridized carbons (Fsp3) is 0.500. The van der Waals surface area contributed by atoms with Crippen molar-refractivity contribution >= 4 is 17.5 Å². The number of ketones is 1. The maximum atomic E-state index is 10.4. The smallest absolute Gasteiger partial charge is 0.255 e. The van der Waals surface area contributed by atoms with Crippen molar-refractivity contribution in [1.82, 2.24) is 4.98 Å². The molecule has 1 rings (SSSR count). The maximum Gasteiger partial charge on any atom is 0.255 e. The van der Waals surface area contributed by atoms with Gasteiger partial charge in [0.1, 0.15) is 12.0 Å². The van der Waals surface area contributed by atoms with Crippen molar-refractivity contribution in [3.63, 3.8) is 0 Å². The summed E-state index contributed by atoms with van der Waals surface area (Å²) in [6.45, 7) is 5.54. The molecule has 0 aliphatic carbocycles. The second kappa shape index (κ2) is 6.91. The van der Waals surface area contributed by atoms with E-state index in [1.54, 1.807) is 6.20 Å². The molecule has 0 spiro atoms. The van der Waals surface area contributed by atoms with Gasteiger partial charge in [-0.25, -0.2) is 4.98 Å². The fourth-order valence-electron chi connectivity index (χ4n) is 0.445. The number of oxazole rings is 1. The summed E-state index contributed by atoms with van der Waals surface area (Å²) in [5.74, 6) is 0.559. The molecule has 1 heterocycles. The first kappa shape index (κ1) is 11.2. The van der Waals surface area contributed by atoms with E-state index in [9.17, 15) is 4.79 Å². The molecule has 0 radical (unpaired) electrons. The quantitative estimate of drug-likeness (QED) is 0.681. The zero-order valence-corrected chi connectivity index (χ0v) is 8.35. The molecule has 0 aliphatic heterocycles. The lowest BCUT2D eigenvalue weighted by molar-refractivity contribution is -0.114. The number of aromatic nitrogens is 1. The van der Waals surface area contributed by atoms with Crippen LogP contribution in [0.4, 0.5) is 0 Å². The Balaban J connectivity index is 0.000000561. The highest BCUT2D eigenvalue weighted by molar-refractivity contribution is 7.99. The highest BCUT2D eigenvalue weighted by Crippen LogP contribution is 2.13. The van der Waals surface area contributed by atoms with Crippen molar-refractivity contribution in [3.05, 3.63) is 12.5 Å². The number of carbonyl (C=O) groups is 1. The van der Waals surface area contributed by atoms with Gasteiger partial charge in [-0.15, -0.1) is 0 Å². The largest absolute Gasteiger partial charge is 0.440 e. The van der Waals surface area contributed by atoms with E-state index in [4.69, 9.17) is 4.42 Å². The standard InChI is InChI=1S/C6H7NO2S.C2H6/c1-5(8)4-10-6-7-2-3-9-6;1-2/h2-3H,4H2,1H3;1-2H3. The van der Waals surface area contributed by atoms with E-state index in [1.807, 2.05) is 13.8 Å². The van der Waals surface area contributed by atoms with Gasteiger partial charge in [-0.1, -0.05) is 25.6 Å². The molecule has 0 unspecified atom stereocenters. The Hall–Kier alpha value is -0.770. The summed E-state index contributed by atoms with van der Waals surface area (Å²) in [7, 11) is 0. The summed E-state index contributed by atoms with van der Waals surface area (Å²) in [5, 5.41) is 0.551. The average Bonchev–Trinajstić information content (AvgIpc) is 2.56. The minimum atomic E-state index is 0.128. The molecule has 0 atom stereocenters. The van der Waals surface area contributed by atoms with E-state index in [2.05, 4.69) is 4.98 Å². The van der Waals surface area contributed by atoms with E-state index in [0.29, 0.717) is 11.0 Å². The van der Waals surface area contributed by atoms with Crippen LogP contribution < -0.4 is 0 Å². The van der Waals surface area contributed by atoms with E-state index in [-0.39, 0.29) is 5.78 Å². The second-order valence-corrected chi connectivity index (χ2v) is 2.72. The van der Waals surface area contributed by atoms with Gasteiger partial charge in [0.2, 0.25) is 0 Å². The molecule has 0 saturated heterocycles. The molecule has 0 amide bonds. The normalized spacial score (nSPS) is 8.58. The van der Waals surface area contributed by atoms with Crippen LogP contribution in [-0.4, -0.2) is 16.5 Å². The molecule has 0 aromatic carbocycles. The number of hydrogen-bond donors (Lipinski definition) is 0. The first-order chi connectivity index (χ1) is 5.79. The van der Waals surface area contributed by atoms with Gasteiger partial charge in [-0.2, -0.15) is 0 Å². The summed E-state index contributed by atoms with van der Waals surface area (Å²) in [5.41, 5.74) is 0. The fourth-order valence-corrected chi connectivity index (χ4v) is 1.03. The predicted molar refractivity (Wildman–Crippen MR) is 49.3 cm³/mol. The summed E-state index contributed by atoms with van der Waals surface area (Å²) in [6, 6.07) is 0. The molecular weight excluding hydrogens is 174 g/mol. The molecule has 0 N–H and O–H groups in total. The second-order valence-electron chi connectivity index (χ2n) is 1.79. The van der Waals surface area contributed by atoms with Crippen molar-refractivity contribution in [1.29, 1.82) is 0 Å². The predicted octanol–water partition coefficient (Wildman–Crippen LogP) is 2.38. The highest BCUT2D eigenvalue weighted by atomic mass is 32.2. The third-order valence-corrected chi connectivity index (χ3v) is 1.81. The summed E-state index contributed by atoms with van der Waals surface area (Å²) < 4.78 is 4.88. The van der Waals surface area contributed by atoms with E-state index >= 15 is 0 Å². The maximum absolute atomic E-state index is 10.4. The molecule has 68 valence electrons. The average molecular weight is 187 g/mol.